The summed E-state index contributed by atoms with van der Waals surface area (Å²) in [7, 11) is -4.16. The Bertz CT molecular complexity index is 777. The van der Waals surface area contributed by atoms with Gasteiger partial charge in [0.15, 0.2) is 18.2 Å². The first-order valence-electron chi connectivity index (χ1n) is 6.42. The first-order valence-corrected chi connectivity index (χ1v) is 7.86. The van der Waals surface area contributed by atoms with Crippen LogP contribution in [0.5, 0.6) is 5.75 Å². The summed E-state index contributed by atoms with van der Waals surface area (Å²) in [4.78, 5) is 9.93. The van der Waals surface area contributed by atoms with Crippen molar-refractivity contribution in [2.45, 2.75) is 17.0 Å². The smallest absolute Gasteiger partial charge is 0.341 e. The highest BCUT2D eigenvalue weighted by Crippen LogP contribution is 2.31. The van der Waals surface area contributed by atoms with E-state index < -0.39 is 51.3 Å². The van der Waals surface area contributed by atoms with Crippen LogP contribution >= 0.6 is 0 Å². The van der Waals surface area contributed by atoms with Crippen molar-refractivity contribution in [1.29, 1.82) is 5.26 Å². The summed E-state index contributed by atoms with van der Waals surface area (Å²) < 4.78 is 57.7. The maximum atomic E-state index is 13.8. The minimum atomic E-state index is -4.16. The predicted octanol–water partition coefficient (Wildman–Crippen LogP) is 0.915. The molecule has 23 heavy (non-hydrogen) atoms. The number of halogens is 2. The van der Waals surface area contributed by atoms with Crippen LogP contribution in [0.4, 0.5) is 8.78 Å². The van der Waals surface area contributed by atoms with Gasteiger partial charge in [-0.2, -0.15) is 9.57 Å². The van der Waals surface area contributed by atoms with E-state index >= 15 is 0 Å². The number of carbonyl (C=O) groups is 1. The standard InChI is InChI=1S/C13H12F2N2O5S/c14-10-5-9(1-2-11(10)22-6-12(18)19)23(20,21)17-4-3-13(15,7-16)8-17/h1-2,5H,3-4,6,8H2,(H,18,19). The summed E-state index contributed by atoms with van der Waals surface area (Å²) in [5.74, 6) is -2.78. The number of sulfonamides is 1. The van der Waals surface area contributed by atoms with Crippen molar-refractivity contribution in [2.24, 2.45) is 0 Å². The molecule has 0 bridgehead atoms. The molecule has 1 heterocycles. The summed E-state index contributed by atoms with van der Waals surface area (Å²) in [6.07, 6.45) is -0.259. The number of ether oxygens (including phenoxy) is 1. The molecule has 1 fully saturated rings. The molecule has 0 amide bonds. The Labute approximate surface area is 130 Å². The molecule has 0 aromatic heterocycles. The van der Waals surface area contributed by atoms with Crippen LogP contribution in [0, 0.1) is 17.1 Å². The van der Waals surface area contributed by atoms with Crippen LogP contribution in [0.2, 0.25) is 0 Å². The molecule has 0 aliphatic carbocycles. The zero-order valence-corrected chi connectivity index (χ0v) is 12.5. The summed E-state index contributed by atoms with van der Waals surface area (Å²) in [6.45, 7) is -1.59. The van der Waals surface area contributed by atoms with Gasteiger partial charge in [0.25, 0.3) is 0 Å². The number of alkyl halides is 1. The van der Waals surface area contributed by atoms with Crippen LogP contribution in [-0.2, 0) is 14.8 Å². The Morgan fingerprint density at radius 3 is 2.74 bits per heavy atom. The van der Waals surface area contributed by atoms with Crippen molar-refractivity contribution in [2.75, 3.05) is 19.7 Å². The summed E-state index contributed by atoms with van der Waals surface area (Å²) >= 11 is 0. The minimum Gasteiger partial charge on any atom is -0.479 e. The molecule has 1 atom stereocenters. The van der Waals surface area contributed by atoms with Crippen molar-refractivity contribution in [3.63, 3.8) is 0 Å². The van der Waals surface area contributed by atoms with E-state index in [-0.39, 0.29) is 13.0 Å². The molecule has 1 aliphatic heterocycles. The quantitative estimate of drug-likeness (QED) is 0.849. The van der Waals surface area contributed by atoms with E-state index in [1.165, 1.54) is 6.07 Å². The lowest BCUT2D eigenvalue weighted by atomic mass is 10.1. The van der Waals surface area contributed by atoms with Gasteiger partial charge in [0.05, 0.1) is 11.4 Å². The molecular formula is C13H12F2N2O5S. The van der Waals surface area contributed by atoms with Gasteiger partial charge in [0, 0.05) is 13.0 Å². The topological polar surface area (TPSA) is 108 Å². The average molecular weight is 346 g/mol. The van der Waals surface area contributed by atoms with Crippen molar-refractivity contribution in [3.05, 3.63) is 24.0 Å². The second kappa shape index (κ2) is 6.10. The van der Waals surface area contributed by atoms with Gasteiger partial charge in [0.1, 0.15) is 6.07 Å². The third-order valence-corrected chi connectivity index (χ3v) is 5.12. The molecule has 0 spiro atoms. The van der Waals surface area contributed by atoms with Crippen LogP contribution in [0.1, 0.15) is 6.42 Å². The van der Waals surface area contributed by atoms with Gasteiger partial charge in [-0.25, -0.2) is 22.0 Å². The first kappa shape index (κ1) is 17.1. The Balaban J connectivity index is 2.23. The molecule has 1 aromatic carbocycles. The van der Waals surface area contributed by atoms with E-state index in [2.05, 4.69) is 4.74 Å². The largest absolute Gasteiger partial charge is 0.479 e. The van der Waals surface area contributed by atoms with E-state index in [9.17, 15) is 22.0 Å². The zero-order valence-electron chi connectivity index (χ0n) is 11.7. The van der Waals surface area contributed by atoms with Crippen molar-refractivity contribution in [3.8, 4) is 11.8 Å². The van der Waals surface area contributed by atoms with Gasteiger partial charge in [-0.3, -0.25) is 0 Å². The fraction of sp³-hybridized carbons (Fsp3) is 0.385. The van der Waals surface area contributed by atoms with Gasteiger partial charge in [0.2, 0.25) is 15.7 Å². The summed E-state index contributed by atoms with van der Waals surface area (Å²) in [5.41, 5.74) is -2.25. The van der Waals surface area contributed by atoms with Crippen LogP contribution in [0.25, 0.3) is 0 Å². The van der Waals surface area contributed by atoms with Gasteiger partial charge in [-0.1, -0.05) is 0 Å². The normalized spacial score (nSPS) is 21.8. The molecule has 124 valence electrons. The molecule has 0 radical (unpaired) electrons. The Morgan fingerprint density at radius 2 is 2.22 bits per heavy atom. The first-order chi connectivity index (χ1) is 10.7. The lowest BCUT2D eigenvalue weighted by molar-refractivity contribution is -0.139. The maximum absolute atomic E-state index is 13.8. The summed E-state index contributed by atoms with van der Waals surface area (Å²) in [5, 5.41) is 17.1. The number of benzene rings is 1. The Hall–Kier alpha value is -2.25. The molecule has 7 nitrogen and oxygen atoms in total. The third-order valence-electron chi connectivity index (χ3n) is 3.28. The number of nitrogens with zero attached hydrogens (tertiary/aromatic N) is 2. The third kappa shape index (κ3) is 3.57. The molecule has 1 N–H and O–H groups in total. The average Bonchev–Trinajstić information content (AvgIpc) is 2.90. The number of rotatable bonds is 5. The lowest BCUT2D eigenvalue weighted by Gasteiger charge is -2.17. The van der Waals surface area contributed by atoms with Gasteiger partial charge < -0.3 is 9.84 Å². The molecule has 1 aliphatic rings. The molecular weight excluding hydrogens is 334 g/mol. The van der Waals surface area contributed by atoms with E-state index in [0.717, 1.165) is 16.4 Å². The fourth-order valence-corrected chi connectivity index (χ4v) is 3.58. The highest BCUT2D eigenvalue weighted by Gasteiger charge is 2.43. The van der Waals surface area contributed by atoms with Crippen molar-refractivity contribution < 1.29 is 31.8 Å². The SMILES string of the molecule is N#CC1(F)CCN(S(=O)(=O)c2ccc(OCC(=O)O)c(F)c2)C1. The van der Waals surface area contributed by atoms with Crippen molar-refractivity contribution in [1.82, 2.24) is 4.31 Å². The molecule has 2 rings (SSSR count). The molecule has 0 saturated carbocycles. The van der Waals surface area contributed by atoms with Crippen LogP contribution < -0.4 is 4.74 Å². The van der Waals surface area contributed by atoms with E-state index in [1.54, 1.807) is 0 Å². The van der Waals surface area contributed by atoms with Crippen molar-refractivity contribution >= 4 is 16.0 Å². The molecule has 1 saturated heterocycles. The zero-order chi connectivity index (χ0) is 17.3. The van der Waals surface area contributed by atoms with Gasteiger partial charge >= 0.3 is 5.97 Å². The second-order valence-corrected chi connectivity index (χ2v) is 6.88. The van der Waals surface area contributed by atoms with Crippen LogP contribution in [0.3, 0.4) is 0 Å². The van der Waals surface area contributed by atoms with E-state index in [1.807, 2.05) is 0 Å². The number of aliphatic carboxylic acids is 1. The Morgan fingerprint density at radius 1 is 1.52 bits per heavy atom. The molecule has 1 unspecified atom stereocenters. The monoisotopic (exact) mass is 346 g/mol. The second-order valence-electron chi connectivity index (χ2n) is 4.94. The fourth-order valence-electron chi connectivity index (χ4n) is 2.08. The van der Waals surface area contributed by atoms with E-state index in [4.69, 9.17) is 10.4 Å². The number of carboxylic acid groups (broad SMARTS) is 1. The number of nitriles is 1. The molecule has 1 aromatic rings. The van der Waals surface area contributed by atoms with E-state index in [0.29, 0.717) is 6.07 Å². The minimum absolute atomic E-state index is 0.189. The predicted molar refractivity (Wildman–Crippen MR) is 72.4 cm³/mol. The Kier molecular flexibility index (Phi) is 4.53. The highest BCUT2D eigenvalue weighted by molar-refractivity contribution is 7.89. The molecule has 10 heteroatoms. The highest BCUT2D eigenvalue weighted by atomic mass is 32.2. The van der Waals surface area contributed by atoms with Crippen LogP contribution in [0.15, 0.2) is 23.1 Å². The maximum Gasteiger partial charge on any atom is 0.341 e. The lowest BCUT2D eigenvalue weighted by Crippen LogP contribution is -2.32. The number of hydrogen-bond acceptors (Lipinski definition) is 5. The number of hydrogen-bond donors (Lipinski definition) is 1. The van der Waals surface area contributed by atoms with Crippen LogP contribution in [-0.4, -0.2) is 49.2 Å². The van der Waals surface area contributed by atoms with Gasteiger partial charge in [-0.05, 0) is 18.2 Å². The van der Waals surface area contributed by atoms with Gasteiger partial charge in [-0.15, -0.1) is 0 Å². The summed E-state index contributed by atoms with van der Waals surface area (Å²) in [6, 6.07) is 4.09. The number of carboxylic acids is 1.